The second kappa shape index (κ2) is 10.7. The number of urea groups is 1. The smallest absolute Gasteiger partial charge is 0.320 e. The molecule has 4 heterocycles. The number of amides is 3. The minimum absolute atomic E-state index is 0.0258. The lowest BCUT2D eigenvalue weighted by Gasteiger charge is -2.42. The summed E-state index contributed by atoms with van der Waals surface area (Å²) in [7, 11) is 0. The van der Waals surface area contributed by atoms with E-state index < -0.39 is 5.41 Å². The predicted molar refractivity (Wildman–Crippen MR) is 149 cm³/mol. The van der Waals surface area contributed by atoms with E-state index in [1.165, 1.54) is 0 Å². The van der Waals surface area contributed by atoms with Crippen molar-refractivity contribution in [1.82, 2.24) is 20.2 Å². The van der Waals surface area contributed by atoms with Crippen LogP contribution in [0.3, 0.4) is 0 Å². The number of hydrogen-bond acceptors (Lipinski definition) is 7. The molecule has 2 unspecified atom stereocenters. The van der Waals surface area contributed by atoms with E-state index in [1.54, 1.807) is 0 Å². The Balaban J connectivity index is 1.45. The van der Waals surface area contributed by atoms with Crippen molar-refractivity contribution >= 4 is 46.0 Å². The number of carbonyl (C=O) groups is 2. The average Bonchev–Trinajstić information content (AvgIpc) is 2.86. The zero-order chi connectivity index (χ0) is 26.2. The van der Waals surface area contributed by atoms with Gasteiger partial charge in [0.25, 0.3) is 0 Å². The maximum absolute atomic E-state index is 13.3. The van der Waals surface area contributed by atoms with Gasteiger partial charge in [0.1, 0.15) is 5.82 Å². The molecule has 2 aromatic rings. The van der Waals surface area contributed by atoms with E-state index in [9.17, 15) is 9.59 Å². The fourth-order valence-electron chi connectivity index (χ4n) is 4.94. The Kier molecular flexibility index (Phi) is 7.55. The third-order valence-electron chi connectivity index (χ3n) is 7.05. The Labute approximate surface area is 230 Å². The summed E-state index contributed by atoms with van der Waals surface area (Å²) in [6.45, 7) is 10.1. The summed E-state index contributed by atoms with van der Waals surface area (Å²) in [6.07, 6.45) is 0.674. The van der Waals surface area contributed by atoms with Crippen molar-refractivity contribution < 1.29 is 19.1 Å². The van der Waals surface area contributed by atoms with Crippen molar-refractivity contribution in [2.45, 2.75) is 43.8 Å². The van der Waals surface area contributed by atoms with Crippen molar-refractivity contribution in [2.24, 2.45) is 5.41 Å². The monoisotopic (exact) mass is 620 g/mol. The number of benzene rings is 1. The topological polar surface area (TPSA) is 109 Å². The van der Waals surface area contributed by atoms with Crippen LogP contribution in [0.4, 0.5) is 16.3 Å². The third kappa shape index (κ3) is 5.53. The lowest BCUT2D eigenvalue weighted by molar-refractivity contribution is -0.169. The van der Waals surface area contributed by atoms with Crippen LogP contribution in [-0.2, 0) is 27.2 Å². The molecule has 37 heavy (non-hydrogen) atoms. The van der Waals surface area contributed by atoms with Crippen molar-refractivity contribution in [2.75, 3.05) is 49.7 Å². The molecule has 3 aliphatic heterocycles. The van der Waals surface area contributed by atoms with Crippen LogP contribution in [0.25, 0.3) is 11.4 Å². The molecule has 1 aromatic carbocycles. The first-order chi connectivity index (χ1) is 17.7. The number of ether oxygens (including phenoxy) is 2. The Morgan fingerprint density at radius 3 is 2.57 bits per heavy atom. The molecule has 1 aromatic heterocycles. The highest BCUT2D eigenvalue weighted by Gasteiger charge is 2.44. The highest BCUT2D eigenvalue weighted by molar-refractivity contribution is 14.1. The summed E-state index contributed by atoms with van der Waals surface area (Å²) >= 11 is 2.14. The van der Waals surface area contributed by atoms with Crippen LogP contribution in [0.5, 0.6) is 0 Å². The van der Waals surface area contributed by atoms with Crippen LogP contribution < -0.4 is 15.5 Å². The molecular weight excluding hydrogens is 587 g/mol. The lowest BCUT2D eigenvalue weighted by atomic mass is 9.86. The molecule has 3 amide bonds. The van der Waals surface area contributed by atoms with E-state index in [-0.39, 0.29) is 22.0 Å². The van der Waals surface area contributed by atoms with Gasteiger partial charge in [-0.15, -0.1) is 0 Å². The Morgan fingerprint density at radius 2 is 1.92 bits per heavy atom. The first-order valence-corrected chi connectivity index (χ1v) is 13.9. The van der Waals surface area contributed by atoms with Crippen molar-refractivity contribution in [3.05, 3.63) is 35.5 Å². The number of fused-ring (bicyclic) bond motifs is 1. The van der Waals surface area contributed by atoms with E-state index in [4.69, 9.17) is 19.4 Å². The minimum Gasteiger partial charge on any atom is -0.379 e. The fourth-order valence-corrected chi connectivity index (χ4v) is 5.23. The summed E-state index contributed by atoms with van der Waals surface area (Å²) in [5.74, 6) is 1.66. The maximum Gasteiger partial charge on any atom is 0.320 e. The van der Waals surface area contributed by atoms with Gasteiger partial charge in [-0.3, -0.25) is 4.79 Å². The summed E-state index contributed by atoms with van der Waals surface area (Å²) < 4.78 is 11.1. The number of halogens is 1. The molecule has 2 atom stereocenters. The molecule has 0 radical (unpaired) electrons. The number of nitrogens with zero attached hydrogens (tertiary/aromatic N) is 4. The molecule has 0 bridgehead atoms. The normalized spacial score (nSPS) is 21.5. The van der Waals surface area contributed by atoms with Gasteiger partial charge in [-0.1, -0.05) is 22.6 Å². The lowest BCUT2D eigenvalue weighted by Crippen LogP contribution is -2.54. The standard InChI is InChI=1S/C26H33IN6O4/c1-16-13-36-11-10-33(16)23-20-12-32(24(34)26(3)14-37-15-26)9-8-21(20)30-22(31-23)18-4-6-19(7-5-18)29-25(35)28-17(2)27/h4-7,16-17H,8-15H2,1-3H3,(H2,28,29,35). The molecule has 5 rings (SSSR count). The Bertz CT molecular complexity index is 1170. The number of anilines is 2. The minimum atomic E-state index is -0.438. The first kappa shape index (κ1) is 26.1. The second-order valence-corrected chi connectivity index (χ2v) is 12.1. The highest BCUT2D eigenvalue weighted by atomic mass is 127. The van der Waals surface area contributed by atoms with Gasteiger partial charge in [0.05, 0.1) is 54.2 Å². The van der Waals surface area contributed by atoms with Crippen LogP contribution in [0.2, 0.25) is 0 Å². The molecule has 10 nitrogen and oxygen atoms in total. The number of carbonyl (C=O) groups excluding carboxylic acids is 2. The first-order valence-electron chi connectivity index (χ1n) is 12.7. The van der Waals surface area contributed by atoms with Crippen LogP contribution in [-0.4, -0.2) is 76.4 Å². The Hall–Kier alpha value is -2.51. The van der Waals surface area contributed by atoms with Crippen LogP contribution >= 0.6 is 22.6 Å². The second-order valence-electron chi connectivity index (χ2n) is 10.2. The van der Waals surface area contributed by atoms with E-state index in [2.05, 4.69) is 45.0 Å². The molecule has 0 spiro atoms. The fraction of sp³-hybridized carbons (Fsp3) is 0.538. The van der Waals surface area contributed by atoms with E-state index in [0.29, 0.717) is 57.4 Å². The molecular formula is C26H33IN6O4. The van der Waals surface area contributed by atoms with Gasteiger partial charge in [0.2, 0.25) is 5.91 Å². The van der Waals surface area contributed by atoms with Crippen LogP contribution in [0.15, 0.2) is 24.3 Å². The van der Waals surface area contributed by atoms with Gasteiger partial charge in [0.15, 0.2) is 5.82 Å². The molecule has 198 valence electrons. The summed E-state index contributed by atoms with van der Waals surface area (Å²) in [5.41, 5.74) is 3.13. The molecule has 2 fully saturated rings. The summed E-state index contributed by atoms with van der Waals surface area (Å²) in [5, 5.41) is 5.65. The molecule has 2 saturated heterocycles. The number of aromatic nitrogens is 2. The molecule has 0 aliphatic carbocycles. The SMILES string of the molecule is CC(I)NC(=O)Nc1ccc(-c2nc3c(c(N4CCOCC4C)n2)CN(C(=O)C2(C)COC2)CC3)cc1. The van der Waals surface area contributed by atoms with Crippen LogP contribution in [0.1, 0.15) is 32.0 Å². The zero-order valence-electron chi connectivity index (χ0n) is 21.4. The van der Waals surface area contributed by atoms with Crippen LogP contribution in [0, 0.1) is 5.41 Å². The quantitative estimate of drug-likeness (QED) is 0.301. The zero-order valence-corrected chi connectivity index (χ0v) is 23.6. The van der Waals surface area contributed by atoms with Gasteiger partial charge >= 0.3 is 6.03 Å². The van der Waals surface area contributed by atoms with Gasteiger partial charge in [-0.2, -0.15) is 0 Å². The number of alkyl halides is 1. The van der Waals surface area contributed by atoms with E-state index in [0.717, 1.165) is 29.2 Å². The predicted octanol–water partition coefficient (Wildman–Crippen LogP) is 3.19. The average molecular weight is 620 g/mol. The van der Waals surface area contributed by atoms with Gasteiger partial charge in [-0.25, -0.2) is 14.8 Å². The van der Waals surface area contributed by atoms with Gasteiger partial charge in [0, 0.05) is 36.3 Å². The van der Waals surface area contributed by atoms with E-state index in [1.807, 2.05) is 43.0 Å². The molecule has 11 heteroatoms. The largest absolute Gasteiger partial charge is 0.379 e. The molecule has 2 N–H and O–H groups in total. The number of rotatable bonds is 5. The molecule has 3 aliphatic rings. The highest BCUT2D eigenvalue weighted by Crippen LogP contribution is 2.35. The van der Waals surface area contributed by atoms with E-state index >= 15 is 0 Å². The third-order valence-corrected chi connectivity index (χ3v) is 7.37. The maximum atomic E-state index is 13.3. The molecule has 0 saturated carbocycles. The number of hydrogen-bond donors (Lipinski definition) is 2. The van der Waals surface area contributed by atoms with Gasteiger partial charge in [-0.05, 0) is 45.0 Å². The Morgan fingerprint density at radius 1 is 1.16 bits per heavy atom. The van der Waals surface area contributed by atoms with Crippen molar-refractivity contribution in [3.63, 3.8) is 0 Å². The van der Waals surface area contributed by atoms with Gasteiger partial charge < -0.3 is 29.9 Å². The summed E-state index contributed by atoms with van der Waals surface area (Å²) in [6, 6.07) is 7.48. The summed E-state index contributed by atoms with van der Waals surface area (Å²) in [4.78, 5) is 39.5. The van der Waals surface area contributed by atoms with Crippen molar-refractivity contribution in [3.8, 4) is 11.4 Å². The van der Waals surface area contributed by atoms with Crippen molar-refractivity contribution in [1.29, 1.82) is 0 Å². The number of nitrogens with one attached hydrogen (secondary N) is 2. The number of morpholine rings is 1.